The number of para-hydroxylation sites is 1. The van der Waals surface area contributed by atoms with Gasteiger partial charge in [0.05, 0.1) is 4.90 Å². The summed E-state index contributed by atoms with van der Waals surface area (Å²) in [5, 5.41) is 5.50. The Labute approximate surface area is 159 Å². The van der Waals surface area contributed by atoms with Gasteiger partial charge in [-0.05, 0) is 49.7 Å². The molecule has 0 saturated heterocycles. The van der Waals surface area contributed by atoms with E-state index >= 15 is 0 Å². The molecule has 7 nitrogen and oxygen atoms in total. The fourth-order valence-corrected chi connectivity index (χ4v) is 3.96. The molecule has 1 aliphatic heterocycles. The number of rotatable bonds is 6. The quantitative estimate of drug-likeness (QED) is 0.707. The van der Waals surface area contributed by atoms with E-state index in [0.29, 0.717) is 12.2 Å². The highest BCUT2D eigenvalue weighted by atomic mass is 32.2. The molecule has 144 valence electrons. The molecule has 3 rings (SSSR count). The zero-order chi connectivity index (χ0) is 19.3. The second-order valence-electron chi connectivity index (χ2n) is 6.34. The third-order valence-corrected chi connectivity index (χ3v) is 5.96. The molecule has 8 heteroatoms. The molecule has 27 heavy (non-hydrogen) atoms. The van der Waals surface area contributed by atoms with Gasteiger partial charge < -0.3 is 15.5 Å². The van der Waals surface area contributed by atoms with Crippen molar-refractivity contribution in [2.45, 2.75) is 17.7 Å². The number of carbonyl (C=O) groups excluding carboxylic acids is 1. The summed E-state index contributed by atoms with van der Waals surface area (Å²) in [5.41, 5.74) is 3.00. The normalized spacial score (nSPS) is 13.7. The van der Waals surface area contributed by atoms with Crippen LogP contribution in [0.4, 0.5) is 16.2 Å². The molecule has 0 spiro atoms. The van der Waals surface area contributed by atoms with Crippen molar-refractivity contribution in [3.05, 3.63) is 54.1 Å². The van der Waals surface area contributed by atoms with Crippen molar-refractivity contribution in [2.24, 2.45) is 0 Å². The highest BCUT2D eigenvalue weighted by Gasteiger charge is 2.16. The van der Waals surface area contributed by atoms with Crippen molar-refractivity contribution in [3.8, 4) is 0 Å². The first-order valence-electron chi connectivity index (χ1n) is 8.91. The van der Waals surface area contributed by atoms with Crippen LogP contribution in [0.15, 0.2) is 53.4 Å². The Morgan fingerprint density at radius 1 is 1.15 bits per heavy atom. The number of nitrogens with zero attached hydrogens (tertiary/aromatic N) is 1. The maximum atomic E-state index is 12.1. The smallest absolute Gasteiger partial charge is 0.319 e. The third kappa shape index (κ3) is 4.78. The summed E-state index contributed by atoms with van der Waals surface area (Å²) in [4.78, 5) is 14.5. The van der Waals surface area contributed by atoms with Crippen molar-refractivity contribution in [3.63, 3.8) is 0 Å². The van der Waals surface area contributed by atoms with E-state index in [9.17, 15) is 13.2 Å². The van der Waals surface area contributed by atoms with Crippen molar-refractivity contribution in [1.82, 2.24) is 10.0 Å². The van der Waals surface area contributed by atoms with E-state index in [1.807, 2.05) is 6.07 Å². The van der Waals surface area contributed by atoms with Gasteiger partial charge >= 0.3 is 6.03 Å². The van der Waals surface area contributed by atoms with Gasteiger partial charge in [0.15, 0.2) is 0 Å². The number of aryl methyl sites for hydroxylation is 1. The van der Waals surface area contributed by atoms with E-state index in [4.69, 9.17) is 0 Å². The van der Waals surface area contributed by atoms with Crippen molar-refractivity contribution in [2.75, 3.05) is 36.9 Å². The number of urea groups is 1. The number of nitrogens with one attached hydrogen (secondary N) is 3. The second-order valence-corrected chi connectivity index (χ2v) is 8.22. The van der Waals surface area contributed by atoms with Gasteiger partial charge in [0, 0.05) is 31.0 Å². The number of benzene rings is 2. The average molecular weight is 388 g/mol. The minimum atomic E-state index is -3.54. The zero-order valence-corrected chi connectivity index (χ0v) is 16.1. The molecule has 0 bridgehead atoms. The number of fused-ring (bicyclic) bond motifs is 1. The highest BCUT2D eigenvalue weighted by molar-refractivity contribution is 7.89. The molecular weight excluding hydrogens is 364 g/mol. The minimum absolute atomic E-state index is 0.104. The summed E-state index contributed by atoms with van der Waals surface area (Å²) in [6, 6.07) is 14.1. The van der Waals surface area contributed by atoms with Crippen LogP contribution in [0.25, 0.3) is 0 Å². The Morgan fingerprint density at radius 3 is 2.78 bits per heavy atom. The van der Waals surface area contributed by atoms with Crippen molar-refractivity contribution >= 4 is 27.4 Å². The fraction of sp³-hybridized carbons (Fsp3) is 0.316. The Hall–Kier alpha value is -2.58. The molecule has 0 saturated carbocycles. The lowest BCUT2D eigenvalue weighted by atomic mass is 10.0. The minimum Gasteiger partial charge on any atom is -0.370 e. The van der Waals surface area contributed by atoms with Crippen LogP contribution in [-0.2, 0) is 16.4 Å². The Balaban J connectivity index is 1.53. The van der Waals surface area contributed by atoms with E-state index in [-0.39, 0.29) is 10.9 Å². The molecule has 1 heterocycles. The molecule has 0 atom stereocenters. The second kappa shape index (κ2) is 8.41. The molecule has 0 radical (unpaired) electrons. The summed E-state index contributed by atoms with van der Waals surface area (Å²) in [6.45, 7) is 2.19. The highest BCUT2D eigenvalue weighted by Crippen LogP contribution is 2.26. The molecule has 2 aromatic carbocycles. The standard InChI is InChI=1S/C19H24N4O3S/c1-20-27(25,26)17-9-4-8-16(14-17)22-19(24)21-11-13-23-12-5-7-15-6-2-3-10-18(15)23/h2-4,6,8-10,14,20H,5,7,11-13H2,1H3,(H2,21,22,24). The third-order valence-electron chi connectivity index (χ3n) is 4.54. The number of hydrogen-bond acceptors (Lipinski definition) is 4. The first-order valence-corrected chi connectivity index (χ1v) is 10.4. The van der Waals surface area contributed by atoms with E-state index in [1.165, 1.54) is 30.4 Å². The molecule has 0 aromatic heterocycles. The van der Waals surface area contributed by atoms with Crippen molar-refractivity contribution in [1.29, 1.82) is 0 Å². The Morgan fingerprint density at radius 2 is 1.96 bits per heavy atom. The van der Waals surface area contributed by atoms with Crippen LogP contribution < -0.4 is 20.3 Å². The summed E-state index contributed by atoms with van der Waals surface area (Å²) in [5.74, 6) is 0. The molecule has 2 amide bonds. The van der Waals surface area contributed by atoms with Crippen LogP contribution in [0.2, 0.25) is 0 Å². The molecule has 1 aliphatic rings. The van der Waals surface area contributed by atoms with Gasteiger partial charge in [0.25, 0.3) is 0 Å². The first-order chi connectivity index (χ1) is 13.0. The maximum absolute atomic E-state index is 12.1. The van der Waals surface area contributed by atoms with E-state index in [2.05, 4.69) is 38.5 Å². The predicted octanol–water partition coefficient (Wildman–Crippen LogP) is 2.17. The van der Waals surface area contributed by atoms with Crippen LogP contribution in [0.5, 0.6) is 0 Å². The lowest BCUT2D eigenvalue weighted by molar-refractivity contribution is 0.252. The van der Waals surface area contributed by atoms with Crippen LogP contribution in [0.1, 0.15) is 12.0 Å². The largest absolute Gasteiger partial charge is 0.370 e. The van der Waals surface area contributed by atoms with Gasteiger partial charge in [-0.3, -0.25) is 0 Å². The van der Waals surface area contributed by atoms with Gasteiger partial charge in [-0.25, -0.2) is 17.9 Å². The summed E-state index contributed by atoms with van der Waals surface area (Å²) < 4.78 is 25.9. The monoisotopic (exact) mass is 388 g/mol. The van der Waals surface area contributed by atoms with Crippen LogP contribution >= 0.6 is 0 Å². The first kappa shape index (κ1) is 19.2. The zero-order valence-electron chi connectivity index (χ0n) is 15.2. The van der Waals surface area contributed by atoms with Gasteiger partial charge in [0.1, 0.15) is 0 Å². The number of carbonyl (C=O) groups is 1. The predicted molar refractivity (Wildman–Crippen MR) is 107 cm³/mol. The van der Waals surface area contributed by atoms with Gasteiger partial charge in [-0.2, -0.15) is 0 Å². The average Bonchev–Trinajstić information content (AvgIpc) is 2.68. The molecule has 0 aliphatic carbocycles. The maximum Gasteiger partial charge on any atom is 0.319 e. The molecule has 3 N–H and O–H groups in total. The van der Waals surface area contributed by atoms with Gasteiger partial charge in [-0.15, -0.1) is 0 Å². The summed E-state index contributed by atoms with van der Waals surface area (Å²) in [7, 11) is -2.20. The number of hydrogen-bond donors (Lipinski definition) is 3. The fourth-order valence-electron chi connectivity index (χ4n) is 3.18. The van der Waals surface area contributed by atoms with E-state index < -0.39 is 10.0 Å². The van der Waals surface area contributed by atoms with Crippen LogP contribution in [-0.4, -0.2) is 41.1 Å². The van der Waals surface area contributed by atoms with Crippen molar-refractivity contribution < 1.29 is 13.2 Å². The molecule has 0 unspecified atom stereocenters. The molecular formula is C19H24N4O3S. The lowest BCUT2D eigenvalue weighted by Crippen LogP contribution is -2.39. The SMILES string of the molecule is CNS(=O)(=O)c1cccc(NC(=O)NCCN2CCCc3ccccc32)c1. The topological polar surface area (TPSA) is 90.5 Å². The molecule has 0 fully saturated rings. The number of sulfonamides is 1. The van der Waals surface area contributed by atoms with Gasteiger partial charge in [0.2, 0.25) is 10.0 Å². The lowest BCUT2D eigenvalue weighted by Gasteiger charge is -2.31. The Bertz CT molecular complexity index is 915. The van der Waals surface area contributed by atoms with E-state index in [1.54, 1.807) is 12.1 Å². The van der Waals surface area contributed by atoms with Gasteiger partial charge in [-0.1, -0.05) is 24.3 Å². The van der Waals surface area contributed by atoms with Crippen LogP contribution in [0.3, 0.4) is 0 Å². The van der Waals surface area contributed by atoms with Crippen LogP contribution in [0, 0.1) is 0 Å². The number of amides is 2. The summed E-state index contributed by atoms with van der Waals surface area (Å²) >= 11 is 0. The summed E-state index contributed by atoms with van der Waals surface area (Å²) in [6.07, 6.45) is 2.20. The number of anilines is 2. The molecule has 2 aromatic rings. The Kier molecular flexibility index (Phi) is 5.98. The van der Waals surface area contributed by atoms with E-state index in [0.717, 1.165) is 25.9 Å².